The van der Waals surface area contributed by atoms with Crippen molar-refractivity contribution < 1.29 is 4.79 Å². The second-order valence-corrected chi connectivity index (χ2v) is 6.03. The van der Waals surface area contributed by atoms with Crippen molar-refractivity contribution in [1.29, 1.82) is 0 Å². The normalized spacial score (nSPS) is 10.4. The van der Waals surface area contributed by atoms with E-state index in [0.29, 0.717) is 4.88 Å². The Morgan fingerprint density at radius 1 is 1.44 bits per heavy atom. The van der Waals surface area contributed by atoms with Gasteiger partial charge in [0.2, 0.25) is 0 Å². The van der Waals surface area contributed by atoms with E-state index in [2.05, 4.69) is 20.9 Å². The smallest absolute Gasteiger partial charge is 0.187 e. The summed E-state index contributed by atoms with van der Waals surface area (Å²) in [5, 5.41) is 1.01. The molecule has 0 aliphatic heterocycles. The molecule has 1 heterocycles. The average Bonchev–Trinajstić information content (AvgIpc) is 2.73. The fourth-order valence-corrected chi connectivity index (χ4v) is 2.76. The Morgan fingerprint density at radius 2 is 2.11 bits per heavy atom. The van der Waals surface area contributed by atoms with Gasteiger partial charge in [0.05, 0.1) is 0 Å². The van der Waals surface area contributed by atoms with Gasteiger partial charge >= 0.3 is 0 Å². The van der Waals surface area contributed by atoms with Crippen LogP contribution in [0.4, 0.5) is 5.13 Å². The molecule has 2 rings (SSSR count). The maximum atomic E-state index is 10.7. The number of carbonyl (C=O) groups excluding carboxylic acids is 1. The van der Waals surface area contributed by atoms with Crippen LogP contribution in [0.1, 0.15) is 15.2 Å². The maximum absolute atomic E-state index is 10.7. The van der Waals surface area contributed by atoms with Crippen LogP contribution in [0.15, 0.2) is 28.7 Å². The Kier molecular flexibility index (Phi) is 4.37. The van der Waals surface area contributed by atoms with Gasteiger partial charge in [0.15, 0.2) is 16.6 Å². The highest BCUT2D eigenvalue weighted by Gasteiger charge is 2.12. The van der Waals surface area contributed by atoms with E-state index in [9.17, 15) is 4.79 Å². The lowest BCUT2D eigenvalue weighted by molar-refractivity contribution is 0.112. The minimum Gasteiger partial charge on any atom is -0.347 e. The van der Waals surface area contributed by atoms with Crippen LogP contribution in [0.5, 0.6) is 0 Å². The Labute approximate surface area is 123 Å². The number of rotatable bonds is 4. The topological polar surface area (TPSA) is 33.2 Å². The SMILES string of the molecule is CN(Cc1ccc(Br)cc1)c1nc(Cl)c(C=O)s1. The predicted octanol–water partition coefficient (Wildman–Crippen LogP) is 4.01. The summed E-state index contributed by atoms with van der Waals surface area (Å²) in [5.41, 5.74) is 1.17. The molecule has 2 aromatic rings. The number of nitrogens with zero attached hydrogens (tertiary/aromatic N) is 2. The molecule has 0 aliphatic carbocycles. The highest BCUT2D eigenvalue weighted by molar-refractivity contribution is 9.10. The Balaban J connectivity index is 2.13. The van der Waals surface area contributed by atoms with E-state index >= 15 is 0 Å². The lowest BCUT2D eigenvalue weighted by atomic mass is 10.2. The van der Waals surface area contributed by atoms with Crippen molar-refractivity contribution in [1.82, 2.24) is 4.98 Å². The fraction of sp³-hybridized carbons (Fsp3) is 0.167. The van der Waals surface area contributed by atoms with Gasteiger partial charge in [0, 0.05) is 18.1 Å². The summed E-state index contributed by atoms with van der Waals surface area (Å²) < 4.78 is 1.05. The molecule has 6 heteroatoms. The molecule has 3 nitrogen and oxygen atoms in total. The number of halogens is 2. The molecule has 1 aromatic heterocycles. The molecule has 94 valence electrons. The van der Waals surface area contributed by atoms with Crippen molar-refractivity contribution in [2.75, 3.05) is 11.9 Å². The Morgan fingerprint density at radius 3 is 2.67 bits per heavy atom. The van der Waals surface area contributed by atoms with Gasteiger partial charge in [-0.25, -0.2) is 4.98 Å². The molecular weight excluding hydrogens is 336 g/mol. The molecule has 0 fully saturated rings. The summed E-state index contributed by atoms with van der Waals surface area (Å²) in [6.07, 6.45) is 0.733. The van der Waals surface area contributed by atoms with Crippen molar-refractivity contribution in [2.24, 2.45) is 0 Å². The number of hydrogen-bond donors (Lipinski definition) is 0. The van der Waals surface area contributed by atoms with Crippen LogP contribution in [-0.4, -0.2) is 18.3 Å². The lowest BCUT2D eigenvalue weighted by Gasteiger charge is -2.15. The summed E-state index contributed by atoms with van der Waals surface area (Å²) in [4.78, 5) is 17.3. The summed E-state index contributed by atoms with van der Waals surface area (Å²) >= 11 is 10.5. The zero-order chi connectivity index (χ0) is 13.1. The van der Waals surface area contributed by atoms with E-state index in [0.717, 1.165) is 22.4 Å². The van der Waals surface area contributed by atoms with Gasteiger partial charge in [0.1, 0.15) is 4.88 Å². The minimum absolute atomic E-state index is 0.271. The summed E-state index contributed by atoms with van der Waals surface area (Å²) in [6, 6.07) is 8.07. The molecule has 0 spiro atoms. The molecule has 1 aromatic carbocycles. The third-order valence-corrected chi connectivity index (χ3v) is 4.39. The van der Waals surface area contributed by atoms with Crippen LogP contribution < -0.4 is 4.90 Å². The average molecular weight is 346 g/mol. The van der Waals surface area contributed by atoms with E-state index in [-0.39, 0.29) is 5.15 Å². The molecule has 18 heavy (non-hydrogen) atoms. The first-order valence-corrected chi connectivity index (χ1v) is 7.16. The number of aldehydes is 1. The first-order valence-electron chi connectivity index (χ1n) is 5.17. The second-order valence-electron chi connectivity index (χ2n) is 3.75. The van der Waals surface area contributed by atoms with Crippen LogP contribution in [0, 0.1) is 0 Å². The highest BCUT2D eigenvalue weighted by atomic mass is 79.9. The van der Waals surface area contributed by atoms with E-state index in [4.69, 9.17) is 11.6 Å². The van der Waals surface area contributed by atoms with Gasteiger partial charge in [-0.1, -0.05) is 51.0 Å². The van der Waals surface area contributed by atoms with E-state index in [1.807, 2.05) is 36.2 Å². The third kappa shape index (κ3) is 3.10. The maximum Gasteiger partial charge on any atom is 0.187 e. The number of benzene rings is 1. The molecular formula is C12H10BrClN2OS. The number of aromatic nitrogens is 1. The van der Waals surface area contributed by atoms with Gasteiger partial charge in [-0.3, -0.25) is 4.79 Å². The molecule has 0 unspecified atom stereocenters. The van der Waals surface area contributed by atoms with Gasteiger partial charge in [-0.15, -0.1) is 0 Å². The predicted molar refractivity (Wildman–Crippen MR) is 78.8 cm³/mol. The molecule has 0 aliphatic rings. The van der Waals surface area contributed by atoms with Crippen LogP contribution in [0.3, 0.4) is 0 Å². The van der Waals surface area contributed by atoms with Crippen molar-refractivity contribution in [3.05, 3.63) is 44.3 Å². The molecule has 0 N–H and O–H groups in total. The summed E-state index contributed by atoms with van der Waals surface area (Å²) in [7, 11) is 1.92. The van der Waals surface area contributed by atoms with Crippen LogP contribution in [-0.2, 0) is 6.54 Å². The first-order chi connectivity index (χ1) is 8.60. The molecule has 0 atom stereocenters. The zero-order valence-electron chi connectivity index (χ0n) is 9.56. The third-order valence-electron chi connectivity index (χ3n) is 2.36. The molecule has 0 radical (unpaired) electrons. The summed E-state index contributed by atoms with van der Waals surface area (Å²) in [5.74, 6) is 0. The van der Waals surface area contributed by atoms with Gasteiger partial charge < -0.3 is 4.90 Å². The first kappa shape index (κ1) is 13.5. The molecule has 0 saturated carbocycles. The lowest BCUT2D eigenvalue weighted by Crippen LogP contribution is -2.15. The van der Waals surface area contributed by atoms with Crippen molar-refractivity contribution in [3.63, 3.8) is 0 Å². The van der Waals surface area contributed by atoms with Crippen LogP contribution >= 0.6 is 38.9 Å². The summed E-state index contributed by atoms with van der Waals surface area (Å²) in [6.45, 7) is 0.718. The van der Waals surface area contributed by atoms with E-state index in [1.165, 1.54) is 16.9 Å². The second kappa shape index (κ2) is 5.82. The Hall–Kier alpha value is -0.910. The molecule has 0 amide bonds. The largest absolute Gasteiger partial charge is 0.347 e. The van der Waals surface area contributed by atoms with Crippen molar-refractivity contribution in [2.45, 2.75) is 6.54 Å². The van der Waals surface area contributed by atoms with E-state index < -0.39 is 0 Å². The number of hydrogen-bond acceptors (Lipinski definition) is 4. The van der Waals surface area contributed by atoms with E-state index in [1.54, 1.807) is 0 Å². The van der Waals surface area contributed by atoms with Crippen LogP contribution in [0.2, 0.25) is 5.15 Å². The number of anilines is 1. The van der Waals surface area contributed by atoms with Crippen molar-refractivity contribution in [3.8, 4) is 0 Å². The standard InChI is InChI=1S/C12H10BrClN2OS/c1-16(6-8-2-4-9(13)5-3-8)12-15-11(14)10(7-17)18-12/h2-5,7H,6H2,1H3. The fourth-order valence-electron chi connectivity index (χ4n) is 1.47. The number of carbonyl (C=O) groups is 1. The van der Waals surface area contributed by atoms with Gasteiger partial charge in [-0.05, 0) is 17.7 Å². The van der Waals surface area contributed by atoms with Crippen molar-refractivity contribution >= 4 is 50.3 Å². The minimum atomic E-state index is 0.271. The van der Waals surface area contributed by atoms with Gasteiger partial charge in [0.25, 0.3) is 0 Å². The number of thiazole rings is 1. The molecule has 0 saturated heterocycles. The van der Waals surface area contributed by atoms with Gasteiger partial charge in [-0.2, -0.15) is 0 Å². The monoisotopic (exact) mass is 344 g/mol. The Bertz CT molecular complexity index is 556. The zero-order valence-corrected chi connectivity index (χ0v) is 12.7. The quantitative estimate of drug-likeness (QED) is 0.785. The molecule has 0 bridgehead atoms. The van der Waals surface area contributed by atoms with Crippen LogP contribution in [0.25, 0.3) is 0 Å². The highest BCUT2D eigenvalue weighted by Crippen LogP contribution is 2.28.